The van der Waals surface area contributed by atoms with Crippen molar-refractivity contribution in [1.29, 1.82) is 0 Å². The first-order valence-electron chi connectivity index (χ1n) is 4.56. The molecule has 0 radical (unpaired) electrons. The highest BCUT2D eigenvalue weighted by atomic mass is 79.9. The van der Waals surface area contributed by atoms with Gasteiger partial charge < -0.3 is 10.6 Å². The molecule has 1 aliphatic heterocycles. The SMILES string of the molecule is CN1C(=O)N=C(N)C1c1ccc(Br)c(Br)c1. The molecule has 16 heavy (non-hydrogen) atoms. The second-order valence-corrected chi connectivity index (χ2v) is 5.21. The summed E-state index contributed by atoms with van der Waals surface area (Å²) in [7, 11) is 1.69. The maximum absolute atomic E-state index is 11.4. The summed E-state index contributed by atoms with van der Waals surface area (Å²) in [5.74, 6) is 0.335. The van der Waals surface area contributed by atoms with Crippen molar-refractivity contribution in [2.45, 2.75) is 6.04 Å². The zero-order chi connectivity index (χ0) is 11.9. The summed E-state index contributed by atoms with van der Waals surface area (Å²) in [5.41, 5.74) is 6.68. The van der Waals surface area contributed by atoms with Crippen LogP contribution in [0.15, 0.2) is 32.1 Å². The van der Waals surface area contributed by atoms with Crippen molar-refractivity contribution >= 4 is 43.7 Å². The van der Waals surface area contributed by atoms with Crippen molar-refractivity contribution < 1.29 is 4.79 Å². The summed E-state index contributed by atoms with van der Waals surface area (Å²) in [6, 6.07) is 5.17. The molecule has 1 aliphatic rings. The largest absolute Gasteiger partial charge is 0.385 e. The van der Waals surface area contributed by atoms with Gasteiger partial charge in [0, 0.05) is 16.0 Å². The Kier molecular flexibility index (Phi) is 3.03. The van der Waals surface area contributed by atoms with Gasteiger partial charge in [-0.1, -0.05) is 6.07 Å². The molecule has 0 aliphatic carbocycles. The predicted molar refractivity (Wildman–Crippen MR) is 69.4 cm³/mol. The highest BCUT2D eigenvalue weighted by Crippen LogP contribution is 2.30. The summed E-state index contributed by atoms with van der Waals surface area (Å²) >= 11 is 6.81. The molecule has 2 rings (SSSR count). The van der Waals surface area contributed by atoms with E-state index in [1.165, 1.54) is 4.90 Å². The fraction of sp³-hybridized carbons (Fsp3) is 0.200. The molecule has 4 nitrogen and oxygen atoms in total. The van der Waals surface area contributed by atoms with Gasteiger partial charge in [-0.25, -0.2) is 4.79 Å². The quantitative estimate of drug-likeness (QED) is 0.849. The number of amides is 2. The maximum atomic E-state index is 11.4. The lowest BCUT2D eigenvalue weighted by Crippen LogP contribution is -2.30. The molecule has 0 spiro atoms. The summed E-state index contributed by atoms with van der Waals surface area (Å²) in [4.78, 5) is 16.6. The zero-order valence-electron chi connectivity index (χ0n) is 8.45. The predicted octanol–water partition coefficient (Wildman–Crippen LogP) is 2.68. The van der Waals surface area contributed by atoms with E-state index in [0.717, 1.165) is 14.5 Å². The molecule has 1 aromatic carbocycles. The van der Waals surface area contributed by atoms with Crippen LogP contribution in [-0.2, 0) is 0 Å². The highest BCUT2D eigenvalue weighted by Gasteiger charge is 2.31. The van der Waals surface area contributed by atoms with Crippen LogP contribution < -0.4 is 5.73 Å². The second-order valence-electron chi connectivity index (χ2n) is 3.51. The standard InChI is InChI=1S/C10H9Br2N3O/c1-15-8(9(13)14-10(15)16)5-2-3-6(11)7(12)4-5/h2-4,8H,1H3,(H2,13,14,16). The van der Waals surface area contributed by atoms with Gasteiger partial charge >= 0.3 is 6.03 Å². The van der Waals surface area contributed by atoms with E-state index in [2.05, 4.69) is 36.9 Å². The average Bonchev–Trinajstić information content (AvgIpc) is 2.47. The summed E-state index contributed by atoms with van der Waals surface area (Å²) < 4.78 is 1.88. The van der Waals surface area contributed by atoms with Gasteiger partial charge in [0.25, 0.3) is 0 Å². The van der Waals surface area contributed by atoms with Crippen LogP contribution in [0.4, 0.5) is 4.79 Å². The Morgan fingerprint density at radius 2 is 2.06 bits per heavy atom. The molecule has 0 saturated heterocycles. The molecule has 6 heteroatoms. The first kappa shape index (κ1) is 11.6. The van der Waals surface area contributed by atoms with E-state index in [9.17, 15) is 4.79 Å². The molecule has 1 atom stereocenters. The number of hydrogen-bond donors (Lipinski definition) is 1. The smallest absolute Gasteiger partial charge is 0.345 e. The van der Waals surface area contributed by atoms with Gasteiger partial charge in [0.2, 0.25) is 0 Å². The van der Waals surface area contributed by atoms with Crippen molar-refractivity contribution in [3.63, 3.8) is 0 Å². The average molecular weight is 347 g/mol. The molecule has 84 valence electrons. The number of rotatable bonds is 1. The molecular weight excluding hydrogens is 338 g/mol. The van der Waals surface area contributed by atoms with Crippen LogP contribution >= 0.6 is 31.9 Å². The van der Waals surface area contributed by atoms with Crippen LogP contribution in [0, 0.1) is 0 Å². The minimum atomic E-state index is -0.304. The van der Waals surface area contributed by atoms with E-state index in [-0.39, 0.29) is 12.1 Å². The van der Waals surface area contributed by atoms with Crippen molar-refractivity contribution in [2.75, 3.05) is 7.05 Å². The zero-order valence-corrected chi connectivity index (χ0v) is 11.6. The first-order valence-corrected chi connectivity index (χ1v) is 6.15. The van der Waals surface area contributed by atoms with Crippen LogP contribution in [0.5, 0.6) is 0 Å². The summed E-state index contributed by atoms with van der Waals surface area (Å²) in [6.45, 7) is 0. The molecule has 0 aromatic heterocycles. The molecule has 1 aromatic rings. The lowest BCUT2D eigenvalue weighted by molar-refractivity contribution is 0.218. The first-order chi connectivity index (χ1) is 7.50. The van der Waals surface area contributed by atoms with Gasteiger partial charge in [-0.2, -0.15) is 4.99 Å². The molecule has 1 heterocycles. The number of carbonyl (C=O) groups excluding carboxylic acids is 1. The Morgan fingerprint density at radius 3 is 2.56 bits per heavy atom. The van der Waals surface area contributed by atoms with Gasteiger partial charge in [0.05, 0.1) is 0 Å². The highest BCUT2D eigenvalue weighted by molar-refractivity contribution is 9.13. The van der Waals surface area contributed by atoms with E-state index < -0.39 is 0 Å². The van der Waals surface area contributed by atoms with Crippen LogP contribution in [0.2, 0.25) is 0 Å². The van der Waals surface area contributed by atoms with Crippen molar-refractivity contribution in [3.8, 4) is 0 Å². The molecule has 1 unspecified atom stereocenters. The number of likely N-dealkylation sites (N-methyl/N-ethyl adjacent to an activating group) is 1. The Morgan fingerprint density at radius 1 is 1.38 bits per heavy atom. The number of amidine groups is 1. The second kappa shape index (κ2) is 4.18. The number of hydrogen-bond acceptors (Lipinski definition) is 2. The van der Waals surface area contributed by atoms with Crippen molar-refractivity contribution in [3.05, 3.63) is 32.7 Å². The summed E-state index contributed by atoms with van der Waals surface area (Å²) in [6.07, 6.45) is 0. The number of aliphatic imine (C=N–C) groups is 1. The Balaban J connectivity index is 2.42. The van der Waals surface area contributed by atoms with Crippen LogP contribution in [0.3, 0.4) is 0 Å². The van der Waals surface area contributed by atoms with E-state index in [1.54, 1.807) is 7.05 Å². The fourth-order valence-electron chi connectivity index (χ4n) is 1.64. The number of nitrogens with two attached hydrogens (primary N) is 1. The minimum absolute atomic E-state index is 0.267. The molecule has 0 fully saturated rings. The Bertz CT molecular complexity index is 487. The maximum Gasteiger partial charge on any atom is 0.345 e. The molecule has 2 amide bonds. The molecule has 0 bridgehead atoms. The van der Waals surface area contributed by atoms with Crippen LogP contribution in [0.1, 0.15) is 11.6 Å². The van der Waals surface area contributed by atoms with Crippen LogP contribution in [-0.4, -0.2) is 23.8 Å². The van der Waals surface area contributed by atoms with Crippen molar-refractivity contribution in [1.82, 2.24) is 4.90 Å². The number of carbonyl (C=O) groups is 1. The third-order valence-electron chi connectivity index (χ3n) is 2.45. The number of nitrogens with zero attached hydrogens (tertiary/aromatic N) is 2. The number of urea groups is 1. The molecule has 2 N–H and O–H groups in total. The van der Waals surface area contributed by atoms with Gasteiger partial charge in [0.1, 0.15) is 11.9 Å². The Labute approximate surface area is 110 Å². The monoisotopic (exact) mass is 345 g/mol. The molecular formula is C10H9Br2N3O. The van der Waals surface area contributed by atoms with Gasteiger partial charge in [-0.3, -0.25) is 0 Å². The topological polar surface area (TPSA) is 58.7 Å². The molecule has 0 saturated carbocycles. The third-order valence-corrected chi connectivity index (χ3v) is 4.33. The normalized spacial score (nSPS) is 20.2. The van der Waals surface area contributed by atoms with Gasteiger partial charge in [0.15, 0.2) is 0 Å². The fourth-order valence-corrected chi connectivity index (χ4v) is 2.28. The number of benzene rings is 1. The van der Waals surface area contributed by atoms with E-state index in [0.29, 0.717) is 5.84 Å². The minimum Gasteiger partial charge on any atom is -0.385 e. The van der Waals surface area contributed by atoms with Gasteiger partial charge in [-0.15, -0.1) is 0 Å². The lowest BCUT2D eigenvalue weighted by atomic mass is 10.1. The Hall–Kier alpha value is -0.880. The lowest BCUT2D eigenvalue weighted by Gasteiger charge is -2.20. The third kappa shape index (κ3) is 1.87. The number of halogens is 2. The van der Waals surface area contributed by atoms with Crippen LogP contribution in [0.25, 0.3) is 0 Å². The van der Waals surface area contributed by atoms with Crippen molar-refractivity contribution in [2.24, 2.45) is 10.7 Å². The van der Waals surface area contributed by atoms with E-state index in [4.69, 9.17) is 5.73 Å². The van der Waals surface area contributed by atoms with E-state index >= 15 is 0 Å². The summed E-state index contributed by atoms with van der Waals surface area (Å²) in [5, 5.41) is 0. The van der Waals surface area contributed by atoms with Gasteiger partial charge in [-0.05, 0) is 49.6 Å². The van der Waals surface area contributed by atoms with E-state index in [1.807, 2.05) is 18.2 Å².